The molecule has 9 heteroatoms. The van der Waals surface area contributed by atoms with Crippen LogP contribution in [0.1, 0.15) is 36.0 Å². The van der Waals surface area contributed by atoms with Crippen molar-refractivity contribution in [1.82, 2.24) is 14.9 Å². The van der Waals surface area contributed by atoms with Gasteiger partial charge in [0.25, 0.3) is 10.0 Å². The lowest BCUT2D eigenvalue weighted by Gasteiger charge is -2.15. The van der Waals surface area contributed by atoms with E-state index in [1.807, 2.05) is 20.8 Å². The summed E-state index contributed by atoms with van der Waals surface area (Å²) in [6.45, 7) is 9.09. The summed E-state index contributed by atoms with van der Waals surface area (Å²) < 4.78 is 34.3. The standard InChI is InChI=1S/C21H26N4O3S2/c1-4-28-16-7-9-17(10-8-16)30(26,27)24-20-19-14(2)15(3)29-21(19)23-18(22-20)13-25-11-5-6-12-25/h7-10H,4-6,11-13H2,1-3H3,(H,22,23,24). The normalized spacial score (nSPS) is 15.0. The third kappa shape index (κ3) is 4.28. The highest BCUT2D eigenvalue weighted by Gasteiger charge is 2.22. The van der Waals surface area contributed by atoms with Crippen molar-refractivity contribution in [2.24, 2.45) is 0 Å². The molecule has 0 atom stereocenters. The average molecular weight is 447 g/mol. The number of hydrogen-bond donors (Lipinski definition) is 1. The summed E-state index contributed by atoms with van der Waals surface area (Å²) in [5.74, 6) is 1.64. The summed E-state index contributed by atoms with van der Waals surface area (Å²) in [6.07, 6.45) is 2.35. The van der Waals surface area contributed by atoms with Crippen LogP contribution < -0.4 is 9.46 Å². The molecule has 1 saturated heterocycles. The van der Waals surface area contributed by atoms with Crippen molar-refractivity contribution in [3.05, 3.63) is 40.5 Å². The van der Waals surface area contributed by atoms with Crippen LogP contribution in [0.25, 0.3) is 10.2 Å². The number of nitrogens with zero attached hydrogens (tertiary/aromatic N) is 3. The van der Waals surface area contributed by atoms with E-state index in [1.54, 1.807) is 35.6 Å². The lowest BCUT2D eigenvalue weighted by molar-refractivity contribution is 0.323. The molecular formula is C21H26N4O3S2. The summed E-state index contributed by atoms with van der Waals surface area (Å²) in [6, 6.07) is 6.41. The van der Waals surface area contributed by atoms with Gasteiger partial charge in [-0.25, -0.2) is 18.4 Å². The molecule has 3 aromatic rings. The van der Waals surface area contributed by atoms with E-state index in [4.69, 9.17) is 9.72 Å². The second kappa shape index (κ2) is 8.49. The molecule has 4 rings (SSSR count). The van der Waals surface area contributed by atoms with Gasteiger partial charge < -0.3 is 4.74 Å². The number of hydrogen-bond acceptors (Lipinski definition) is 7. The zero-order chi connectivity index (χ0) is 21.3. The van der Waals surface area contributed by atoms with Crippen molar-refractivity contribution in [1.29, 1.82) is 0 Å². The molecule has 0 unspecified atom stereocenters. The minimum absolute atomic E-state index is 0.170. The molecule has 0 bridgehead atoms. The van der Waals surface area contributed by atoms with Crippen LogP contribution in [0.15, 0.2) is 29.2 Å². The van der Waals surface area contributed by atoms with Gasteiger partial charge in [-0.2, -0.15) is 0 Å². The highest BCUT2D eigenvalue weighted by Crippen LogP contribution is 2.34. The first-order chi connectivity index (χ1) is 14.4. The van der Waals surface area contributed by atoms with E-state index < -0.39 is 10.0 Å². The van der Waals surface area contributed by atoms with Gasteiger partial charge in [-0.05, 0) is 76.5 Å². The van der Waals surface area contributed by atoms with Crippen LogP contribution in [-0.4, -0.2) is 43.0 Å². The van der Waals surface area contributed by atoms with Gasteiger partial charge in [0.05, 0.1) is 23.4 Å². The molecule has 1 fully saturated rings. The van der Waals surface area contributed by atoms with E-state index in [-0.39, 0.29) is 4.90 Å². The predicted octanol–water partition coefficient (Wildman–Crippen LogP) is 4.10. The Bertz CT molecular complexity index is 1150. The number of nitrogens with one attached hydrogen (secondary N) is 1. The lowest BCUT2D eigenvalue weighted by atomic mass is 10.2. The van der Waals surface area contributed by atoms with E-state index in [2.05, 4.69) is 14.6 Å². The third-order valence-electron chi connectivity index (χ3n) is 5.31. The van der Waals surface area contributed by atoms with Crippen LogP contribution >= 0.6 is 11.3 Å². The summed E-state index contributed by atoms with van der Waals surface area (Å²) in [5.41, 5.74) is 1.01. The zero-order valence-corrected chi connectivity index (χ0v) is 19.1. The molecule has 160 valence electrons. The number of aromatic nitrogens is 2. The van der Waals surface area contributed by atoms with E-state index in [0.29, 0.717) is 30.5 Å². The summed E-state index contributed by atoms with van der Waals surface area (Å²) in [4.78, 5) is 13.8. The van der Waals surface area contributed by atoms with Gasteiger partial charge in [-0.15, -0.1) is 11.3 Å². The topological polar surface area (TPSA) is 84.4 Å². The fourth-order valence-electron chi connectivity index (χ4n) is 3.65. The van der Waals surface area contributed by atoms with Gasteiger partial charge in [0, 0.05) is 4.88 Å². The molecule has 1 aromatic carbocycles. The highest BCUT2D eigenvalue weighted by molar-refractivity contribution is 7.92. The quantitative estimate of drug-likeness (QED) is 0.588. The van der Waals surface area contributed by atoms with Gasteiger partial charge >= 0.3 is 0 Å². The number of anilines is 1. The number of likely N-dealkylation sites (tertiary alicyclic amines) is 1. The Morgan fingerprint density at radius 1 is 1.13 bits per heavy atom. The number of sulfonamides is 1. The number of thiophene rings is 1. The van der Waals surface area contributed by atoms with Gasteiger partial charge in [0.2, 0.25) is 0 Å². The van der Waals surface area contributed by atoms with Gasteiger partial charge in [0.15, 0.2) is 5.82 Å². The zero-order valence-electron chi connectivity index (χ0n) is 17.4. The highest BCUT2D eigenvalue weighted by atomic mass is 32.2. The van der Waals surface area contributed by atoms with Gasteiger partial charge in [-0.1, -0.05) is 0 Å². The maximum atomic E-state index is 13.1. The van der Waals surface area contributed by atoms with Gasteiger partial charge in [0.1, 0.15) is 16.4 Å². The number of fused-ring (bicyclic) bond motifs is 1. The minimum Gasteiger partial charge on any atom is -0.494 e. The Labute approximate surface area is 181 Å². The van der Waals surface area contributed by atoms with Crippen molar-refractivity contribution in [3.8, 4) is 5.75 Å². The van der Waals surface area contributed by atoms with E-state index in [9.17, 15) is 8.42 Å². The maximum Gasteiger partial charge on any atom is 0.263 e. The van der Waals surface area contributed by atoms with Crippen LogP contribution in [0.4, 0.5) is 5.82 Å². The Morgan fingerprint density at radius 2 is 1.83 bits per heavy atom. The molecular weight excluding hydrogens is 420 g/mol. The molecule has 7 nitrogen and oxygen atoms in total. The number of rotatable bonds is 7. The molecule has 0 spiro atoms. The second-order valence-corrected chi connectivity index (χ2v) is 10.3. The van der Waals surface area contributed by atoms with Crippen molar-refractivity contribution < 1.29 is 13.2 Å². The first kappa shape index (κ1) is 21.0. The predicted molar refractivity (Wildman–Crippen MR) is 120 cm³/mol. The van der Waals surface area contributed by atoms with E-state index >= 15 is 0 Å². The molecule has 0 amide bonds. The molecule has 1 aliphatic rings. The van der Waals surface area contributed by atoms with Crippen molar-refractivity contribution in [3.63, 3.8) is 0 Å². The molecule has 3 heterocycles. The Balaban J connectivity index is 1.70. The van der Waals surface area contributed by atoms with Crippen LogP contribution in [0, 0.1) is 13.8 Å². The SMILES string of the molecule is CCOc1ccc(S(=O)(=O)Nc2nc(CN3CCCC3)nc3sc(C)c(C)c23)cc1. The maximum absolute atomic E-state index is 13.1. The lowest BCUT2D eigenvalue weighted by Crippen LogP contribution is -2.21. The molecule has 0 radical (unpaired) electrons. The monoisotopic (exact) mass is 446 g/mol. The molecule has 2 aromatic heterocycles. The van der Waals surface area contributed by atoms with Crippen LogP contribution in [0.5, 0.6) is 5.75 Å². The number of benzene rings is 1. The fourth-order valence-corrected chi connectivity index (χ4v) is 5.71. The largest absolute Gasteiger partial charge is 0.494 e. The van der Waals surface area contributed by atoms with Crippen LogP contribution in [0.2, 0.25) is 0 Å². The first-order valence-electron chi connectivity index (χ1n) is 10.1. The first-order valence-corrected chi connectivity index (χ1v) is 12.4. The van der Waals surface area contributed by atoms with Crippen LogP contribution in [0.3, 0.4) is 0 Å². The Morgan fingerprint density at radius 3 is 2.50 bits per heavy atom. The molecule has 1 N–H and O–H groups in total. The second-order valence-electron chi connectivity index (χ2n) is 7.45. The van der Waals surface area contributed by atoms with Crippen LogP contribution in [-0.2, 0) is 16.6 Å². The van der Waals surface area contributed by atoms with E-state index in [0.717, 1.165) is 33.7 Å². The summed E-state index contributed by atoms with van der Waals surface area (Å²) in [5, 5.41) is 0.775. The third-order valence-corrected chi connectivity index (χ3v) is 7.77. The van der Waals surface area contributed by atoms with E-state index in [1.165, 1.54) is 12.8 Å². The Hall–Kier alpha value is -2.23. The molecule has 1 aliphatic heterocycles. The van der Waals surface area contributed by atoms with Crippen molar-refractivity contribution in [2.75, 3.05) is 24.4 Å². The summed E-state index contributed by atoms with van der Waals surface area (Å²) >= 11 is 1.57. The fraction of sp³-hybridized carbons (Fsp3) is 0.429. The van der Waals surface area contributed by atoms with Crippen molar-refractivity contribution >= 4 is 37.4 Å². The molecule has 0 aliphatic carbocycles. The summed E-state index contributed by atoms with van der Waals surface area (Å²) in [7, 11) is -3.79. The van der Waals surface area contributed by atoms with Crippen molar-refractivity contribution in [2.45, 2.75) is 45.1 Å². The smallest absolute Gasteiger partial charge is 0.263 e. The molecule has 0 saturated carbocycles. The minimum atomic E-state index is -3.79. The molecule has 30 heavy (non-hydrogen) atoms. The average Bonchev–Trinajstić information content (AvgIpc) is 3.30. The Kier molecular flexibility index (Phi) is 5.95. The number of ether oxygens (including phenoxy) is 1. The number of aryl methyl sites for hydroxylation is 2. The van der Waals surface area contributed by atoms with Gasteiger partial charge in [-0.3, -0.25) is 9.62 Å².